The van der Waals surface area contributed by atoms with E-state index in [0.29, 0.717) is 5.69 Å². The van der Waals surface area contributed by atoms with E-state index in [-0.39, 0.29) is 11.3 Å². The second-order valence-electron chi connectivity index (χ2n) is 5.23. The molecule has 0 radical (unpaired) electrons. The van der Waals surface area contributed by atoms with Gasteiger partial charge in [0.05, 0.1) is 11.2 Å². The third-order valence-corrected chi connectivity index (χ3v) is 2.77. The first-order chi connectivity index (χ1) is 7.91. The first-order valence-electron chi connectivity index (χ1n) is 5.76. The second-order valence-corrected chi connectivity index (χ2v) is 5.23. The van der Waals surface area contributed by atoms with Gasteiger partial charge in [-0.1, -0.05) is 30.3 Å². The average Bonchev–Trinajstić information content (AvgIpc) is 2.57. The van der Waals surface area contributed by atoms with Gasteiger partial charge in [0, 0.05) is 5.56 Å². The molecular formula is C14H18N2O. The summed E-state index contributed by atoms with van der Waals surface area (Å²) in [5.41, 5.74) is 2.26. The Kier molecular flexibility index (Phi) is 2.69. The van der Waals surface area contributed by atoms with Crippen LogP contribution in [0.25, 0.3) is 11.3 Å². The molecule has 0 amide bonds. The molecule has 2 rings (SSSR count). The molecule has 1 aromatic carbocycles. The maximum absolute atomic E-state index is 10.2. The Morgan fingerprint density at radius 3 is 2.18 bits per heavy atom. The summed E-state index contributed by atoms with van der Waals surface area (Å²) in [6.07, 6.45) is 0. The lowest BCUT2D eigenvalue weighted by Gasteiger charge is -2.20. The largest absolute Gasteiger partial charge is 0.504 e. The van der Waals surface area contributed by atoms with Gasteiger partial charge < -0.3 is 5.11 Å². The molecule has 90 valence electrons. The molecule has 0 atom stereocenters. The van der Waals surface area contributed by atoms with E-state index in [4.69, 9.17) is 0 Å². The van der Waals surface area contributed by atoms with Gasteiger partial charge in [-0.3, -0.25) is 4.68 Å². The Morgan fingerprint density at radius 1 is 1.12 bits per heavy atom. The first-order valence-corrected chi connectivity index (χ1v) is 5.76. The van der Waals surface area contributed by atoms with Crippen LogP contribution < -0.4 is 0 Å². The van der Waals surface area contributed by atoms with E-state index in [1.54, 1.807) is 0 Å². The number of hydrogen-bond donors (Lipinski definition) is 1. The van der Waals surface area contributed by atoms with Crippen molar-refractivity contribution in [3.8, 4) is 17.0 Å². The summed E-state index contributed by atoms with van der Waals surface area (Å²) in [6.45, 7) is 8.10. The quantitative estimate of drug-likeness (QED) is 0.816. The van der Waals surface area contributed by atoms with Gasteiger partial charge in [0.15, 0.2) is 5.75 Å². The molecule has 0 aliphatic carbocycles. The predicted octanol–water partition coefficient (Wildman–Crippen LogP) is 3.32. The van der Waals surface area contributed by atoms with Crippen LogP contribution >= 0.6 is 0 Å². The third kappa shape index (κ3) is 2.05. The zero-order chi connectivity index (χ0) is 12.6. The highest BCUT2D eigenvalue weighted by Crippen LogP contribution is 2.33. The van der Waals surface area contributed by atoms with Crippen LogP contribution in [0.3, 0.4) is 0 Å². The summed E-state index contributed by atoms with van der Waals surface area (Å²) in [7, 11) is 0. The van der Waals surface area contributed by atoms with Crippen LogP contribution in [0.5, 0.6) is 5.75 Å². The number of nitrogens with zero attached hydrogens (tertiary/aromatic N) is 2. The van der Waals surface area contributed by atoms with Crippen LogP contribution in [0.15, 0.2) is 30.3 Å². The van der Waals surface area contributed by atoms with Gasteiger partial charge in [0.1, 0.15) is 5.69 Å². The molecule has 3 nitrogen and oxygen atoms in total. The molecule has 3 heteroatoms. The van der Waals surface area contributed by atoms with Crippen LogP contribution in [-0.4, -0.2) is 14.9 Å². The summed E-state index contributed by atoms with van der Waals surface area (Å²) in [5.74, 6) is 0.270. The van der Waals surface area contributed by atoms with Gasteiger partial charge in [0.2, 0.25) is 0 Å². The lowest BCUT2D eigenvalue weighted by atomic mass is 10.1. The lowest BCUT2D eigenvalue weighted by molar-refractivity contribution is 0.345. The van der Waals surface area contributed by atoms with E-state index in [1.165, 1.54) is 0 Å². The van der Waals surface area contributed by atoms with Crippen molar-refractivity contribution in [3.05, 3.63) is 36.0 Å². The summed E-state index contributed by atoms with van der Waals surface area (Å²) < 4.78 is 1.87. The van der Waals surface area contributed by atoms with Crippen molar-refractivity contribution in [1.29, 1.82) is 0 Å². The smallest absolute Gasteiger partial charge is 0.164 e. The Hall–Kier alpha value is -1.77. The SMILES string of the molecule is Cc1c(O)c(-c2ccccc2)nn1C(C)(C)C. The highest BCUT2D eigenvalue weighted by atomic mass is 16.3. The molecule has 1 heterocycles. The molecule has 0 bridgehead atoms. The maximum atomic E-state index is 10.2. The van der Waals surface area contributed by atoms with Gasteiger partial charge in [0.25, 0.3) is 0 Å². The highest BCUT2D eigenvalue weighted by molar-refractivity contribution is 5.66. The zero-order valence-corrected chi connectivity index (χ0v) is 10.7. The summed E-state index contributed by atoms with van der Waals surface area (Å²) in [6, 6.07) is 9.75. The second kappa shape index (κ2) is 3.91. The molecule has 1 aromatic heterocycles. The van der Waals surface area contributed by atoms with Crippen molar-refractivity contribution in [2.24, 2.45) is 0 Å². The van der Waals surface area contributed by atoms with Crippen molar-refractivity contribution in [2.75, 3.05) is 0 Å². The van der Waals surface area contributed by atoms with Crippen LogP contribution in [0.1, 0.15) is 26.5 Å². The summed E-state index contributed by atoms with van der Waals surface area (Å²) >= 11 is 0. The molecule has 1 N–H and O–H groups in total. The monoisotopic (exact) mass is 230 g/mol. The Balaban J connectivity index is 2.59. The summed E-state index contributed by atoms with van der Waals surface area (Å²) in [5, 5.41) is 14.7. The van der Waals surface area contributed by atoms with Gasteiger partial charge in [-0.2, -0.15) is 5.10 Å². The van der Waals surface area contributed by atoms with E-state index < -0.39 is 0 Å². The molecule has 0 spiro atoms. The lowest BCUT2D eigenvalue weighted by Crippen LogP contribution is -2.24. The number of rotatable bonds is 1. The van der Waals surface area contributed by atoms with Crippen molar-refractivity contribution < 1.29 is 5.11 Å². The minimum absolute atomic E-state index is 0.130. The van der Waals surface area contributed by atoms with Crippen LogP contribution in [-0.2, 0) is 5.54 Å². The van der Waals surface area contributed by atoms with E-state index in [0.717, 1.165) is 11.3 Å². The van der Waals surface area contributed by atoms with Gasteiger partial charge in [-0.05, 0) is 27.7 Å². The summed E-state index contributed by atoms with van der Waals surface area (Å²) in [4.78, 5) is 0. The van der Waals surface area contributed by atoms with Crippen LogP contribution in [0, 0.1) is 6.92 Å². The zero-order valence-electron chi connectivity index (χ0n) is 10.7. The first kappa shape index (κ1) is 11.7. The Labute approximate surface area is 102 Å². The van der Waals surface area contributed by atoms with Gasteiger partial charge in [-0.15, -0.1) is 0 Å². The number of aromatic hydroxyl groups is 1. The van der Waals surface area contributed by atoms with E-state index in [1.807, 2.05) is 41.9 Å². The molecule has 0 aliphatic rings. The fourth-order valence-electron chi connectivity index (χ4n) is 1.94. The molecule has 0 saturated carbocycles. The molecule has 0 aliphatic heterocycles. The Morgan fingerprint density at radius 2 is 1.71 bits per heavy atom. The topological polar surface area (TPSA) is 38.1 Å². The standard InChI is InChI=1S/C14H18N2O/c1-10-13(17)12(11-8-6-5-7-9-11)15-16(10)14(2,3)4/h5-9,17H,1-4H3. The van der Waals surface area contributed by atoms with Gasteiger partial charge >= 0.3 is 0 Å². The fourth-order valence-corrected chi connectivity index (χ4v) is 1.94. The molecule has 2 aromatic rings. The normalized spacial score (nSPS) is 11.8. The molecule has 0 fully saturated rings. The molecule has 0 unspecified atom stereocenters. The predicted molar refractivity (Wildman–Crippen MR) is 69.1 cm³/mol. The van der Waals surface area contributed by atoms with E-state index >= 15 is 0 Å². The highest BCUT2D eigenvalue weighted by Gasteiger charge is 2.22. The maximum Gasteiger partial charge on any atom is 0.164 e. The number of hydrogen-bond acceptors (Lipinski definition) is 2. The van der Waals surface area contributed by atoms with Gasteiger partial charge in [-0.25, -0.2) is 0 Å². The van der Waals surface area contributed by atoms with Crippen molar-refractivity contribution in [1.82, 2.24) is 9.78 Å². The number of benzene rings is 1. The fraction of sp³-hybridized carbons (Fsp3) is 0.357. The minimum Gasteiger partial charge on any atom is -0.504 e. The third-order valence-electron chi connectivity index (χ3n) is 2.77. The molecule has 17 heavy (non-hydrogen) atoms. The van der Waals surface area contributed by atoms with Crippen LogP contribution in [0.4, 0.5) is 0 Å². The van der Waals surface area contributed by atoms with Crippen molar-refractivity contribution in [2.45, 2.75) is 33.2 Å². The van der Waals surface area contributed by atoms with E-state index in [2.05, 4.69) is 25.9 Å². The Bertz CT molecular complexity index is 521. The van der Waals surface area contributed by atoms with Crippen molar-refractivity contribution >= 4 is 0 Å². The molecular weight excluding hydrogens is 212 g/mol. The number of aromatic nitrogens is 2. The van der Waals surface area contributed by atoms with Crippen LogP contribution in [0.2, 0.25) is 0 Å². The molecule has 0 saturated heterocycles. The van der Waals surface area contributed by atoms with Crippen molar-refractivity contribution in [3.63, 3.8) is 0 Å². The van der Waals surface area contributed by atoms with E-state index in [9.17, 15) is 5.11 Å². The average molecular weight is 230 g/mol. The minimum atomic E-state index is -0.130.